The van der Waals surface area contributed by atoms with E-state index in [0.29, 0.717) is 5.56 Å². The first kappa shape index (κ1) is 18.9. The van der Waals surface area contributed by atoms with Crippen molar-refractivity contribution in [1.82, 2.24) is 0 Å². The molecule has 5 nitrogen and oxygen atoms in total. The Hall–Kier alpha value is -3.44. The normalized spacial score (nSPS) is 16.7. The highest BCUT2D eigenvalue weighted by atomic mass is 16.6. The summed E-state index contributed by atoms with van der Waals surface area (Å²) in [6, 6.07) is 20.3. The van der Waals surface area contributed by atoms with Crippen LogP contribution >= 0.6 is 0 Å². The molecule has 3 aromatic carbocycles. The Labute approximate surface area is 169 Å². The molecule has 3 aromatic rings. The minimum Gasteiger partial charge on any atom is -0.422 e. The highest BCUT2D eigenvalue weighted by molar-refractivity contribution is 5.94. The smallest absolute Gasteiger partial charge is 0.328 e. The van der Waals surface area contributed by atoms with Crippen molar-refractivity contribution in [1.29, 1.82) is 0 Å². The summed E-state index contributed by atoms with van der Waals surface area (Å²) < 4.78 is 11.3. The van der Waals surface area contributed by atoms with Gasteiger partial charge in [-0.1, -0.05) is 54.6 Å². The average molecular weight is 387 g/mol. The Bertz CT molecular complexity index is 1080. The van der Waals surface area contributed by atoms with Crippen LogP contribution in [0.1, 0.15) is 18.4 Å². The molecule has 0 radical (unpaired) electrons. The summed E-state index contributed by atoms with van der Waals surface area (Å²) in [5.41, 5.74) is 10.3. The average Bonchev–Trinajstić information content (AvgIpc) is 2.78. The number of nitrogens with two attached hydrogens (primary N) is 1. The largest absolute Gasteiger partial charge is 0.422 e. The lowest BCUT2D eigenvalue weighted by Gasteiger charge is -2.19. The lowest BCUT2D eigenvalue weighted by atomic mass is 9.91. The second-order valence-electron chi connectivity index (χ2n) is 7.04. The van der Waals surface area contributed by atoms with Gasteiger partial charge < -0.3 is 15.2 Å². The van der Waals surface area contributed by atoms with Crippen molar-refractivity contribution in [3.8, 4) is 33.8 Å². The third-order valence-corrected chi connectivity index (χ3v) is 5.01. The Morgan fingerprint density at radius 3 is 2.34 bits per heavy atom. The lowest BCUT2D eigenvalue weighted by Crippen LogP contribution is -2.34. The first-order valence-corrected chi connectivity index (χ1v) is 9.51. The molecule has 0 aromatic heterocycles. The predicted molar refractivity (Wildman–Crippen MR) is 111 cm³/mol. The van der Waals surface area contributed by atoms with Gasteiger partial charge in [0, 0.05) is 12.0 Å². The fraction of sp³-hybridized carbons (Fsp3) is 0.167. The Kier molecular flexibility index (Phi) is 5.14. The van der Waals surface area contributed by atoms with Gasteiger partial charge in [0.1, 0.15) is 6.04 Å². The van der Waals surface area contributed by atoms with Gasteiger partial charge in [-0.15, -0.1) is 0 Å². The zero-order valence-electron chi connectivity index (χ0n) is 16.1. The molecule has 0 aliphatic carbocycles. The van der Waals surface area contributed by atoms with Crippen LogP contribution in [0.25, 0.3) is 22.3 Å². The van der Waals surface area contributed by atoms with Crippen molar-refractivity contribution in [3.63, 3.8) is 0 Å². The number of ether oxygens (including phenoxy) is 2. The van der Waals surface area contributed by atoms with E-state index in [2.05, 4.69) is 0 Å². The zero-order valence-corrected chi connectivity index (χ0v) is 16.1. The first-order chi connectivity index (χ1) is 14.0. The molecule has 0 fully saturated rings. The standard InChI is InChI=1S/C24H21NO4/c1-15-7-5-6-10-17(15)22-18(16-8-3-2-4-9-16)11-13-20-23(22)29-24(27)19(25)12-14-21(26)28-20/h2-11,13,19H,12,14,25H2,1H3/t19-/m1/s1. The van der Waals surface area contributed by atoms with Crippen molar-refractivity contribution in [2.45, 2.75) is 25.8 Å². The number of carbonyl (C=O) groups excluding carboxylic acids is 2. The molecule has 146 valence electrons. The molecule has 0 amide bonds. The Balaban J connectivity index is 2.02. The molecule has 5 heteroatoms. The van der Waals surface area contributed by atoms with Crippen LogP contribution in [0.3, 0.4) is 0 Å². The molecule has 1 aliphatic heterocycles. The summed E-state index contributed by atoms with van der Waals surface area (Å²) >= 11 is 0. The Morgan fingerprint density at radius 1 is 0.862 bits per heavy atom. The number of esters is 2. The predicted octanol–water partition coefficient (Wildman–Crippen LogP) is 4.26. The maximum absolute atomic E-state index is 12.6. The topological polar surface area (TPSA) is 78.6 Å². The first-order valence-electron chi connectivity index (χ1n) is 9.51. The number of carbonyl (C=O) groups is 2. The van der Waals surface area contributed by atoms with Crippen molar-refractivity contribution in [2.24, 2.45) is 5.73 Å². The number of rotatable bonds is 2. The monoisotopic (exact) mass is 387 g/mol. The van der Waals surface area contributed by atoms with E-state index < -0.39 is 18.0 Å². The highest BCUT2D eigenvalue weighted by Gasteiger charge is 2.28. The number of aryl methyl sites for hydroxylation is 1. The van der Waals surface area contributed by atoms with Crippen molar-refractivity contribution in [3.05, 3.63) is 72.3 Å². The van der Waals surface area contributed by atoms with E-state index in [-0.39, 0.29) is 24.3 Å². The molecule has 0 saturated heterocycles. The molecular weight excluding hydrogens is 366 g/mol. The number of benzene rings is 3. The molecule has 0 bridgehead atoms. The van der Waals surface area contributed by atoms with Crippen LogP contribution < -0.4 is 15.2 Å². The summed E-state index contributed by atoms with van der Waals surface area (Å²) in [7, 11) is 0. The summed E-state index contributed by atoms with van der Waals surface area (Å²) in [5.74, 6) is -0.584. The molecule has 1 aliphatic rings. The van der Waals surface area contributed by atoms with Gasteiger partial charge in [0.2, 0.25) is 0 Å². The molecule has 0 spiro atoms. The summed E-state index contributed by atoms with van der Waals surface area (Å²) in [5, 5.41) is 0. The minimum absolute atomic E-state index is 0.0514. The molecule has 0 saturated carbocycles. The quantitative estimate of drug-likeness (QED) is 0.525. The summed E-state index contributed by atoms with van der Waals surface area (Å²) in [6.45, 7) is 1.98. The lowest BCUT2D eigenvalue weighted by molar-refractivity contribution is -0.135. The van der Waals surface area contributed by atoms with E-state index in [1.165, 1.54) is 0 Å². The zero-order chi connectivity index (χ0) is 20.4. The third-order valence-electron chi connectivity index (χ3n) is 5.01. The number of hydrogen-bond acceptors (Lipinski definition) is 5. The van der Waals surface area contributed by atoms with Crippen molar-refractivity contribution < 1.29 is 19.1 Å². The third kappa shape index (κ3) is 3.77. The molecule has 0 unspecified atom stereocenters. The maximum Gasteiger partial charge on any atom is 0.328 e. The van der Waals surface area contributed by atoms with Crippen molar-refractivity contribution in [2.75, 3.05) is 0 Å². The maximum atomic E-state index is 12.6. The van der Waals surface area contributed by atoms with E-state index in [1.54, 1.807) is 6.07 Å². The van der Waals surface area contributed by atoms with Crippen LogP contribution in [0, 0.1) is 6.92 Å². The van der Waals surface area contributed by atoms with Crippen LogP contribution in [0.2, 0.25) is 0 Å². The van der Waals surface area contributed by atoms with Crippen LogP contribution in [0.4, 0.5) is 0 Å². The fourth-order valence-corrected chi connectivity index (χ4v) is 3.47. The molecular formula is C24H21NO4. The molecule has 1 heterocycles. The highest BCUT2D eigenvalue weighted by Crippen LogP contribution is 2.46. The van der Waals surface area contributed by atoms with E-state index >= 15 is 0 Å². The van der Waals surface area contributed by atoms with Gasteiger partial charge in [-0.25, -0.2) is 4.79 Å². The van der Waals surface area contributed by atoms with Gasteiger partial charge in [0.15, 0.2) is 11.5 Å². The Morgan fingerprint density at radius 2 is 1.59 bits per heavy atom. The molecule has 29 heavy (non-hydrogen) atoms. The van der Waals surface area contributed by atoms with Crippen LogP contribution in [-0.2, 0) is 9.59 Å². The molecule has 1 atom stereocenters. The summed E-state index contributed by atoms with van der Waals surface area (Å²) in [4.78, 5) is 24.8. The van der Waals surface area contributed by atoms with E-state index in [1.807, 2.05) is 67.6 Å². The molecule has 2 N–H and O–H groups in total. The van der Waals surface area contributed by atoms with Gasteiger partial charge in [0.05, 0.1) is 0 Å². The van der Waals surface area contributed by atoms with Crippen LogP contribution in [0.5, 0.6) is 11.5 Å². The second kappa shape index (κ2) is 7.89. The SMILES string of the molecule is Cc1ccccc1-c1c(-c2ccccc2)ccc2c1OC(=O)[C@H](N)CCC(=O)O2. The van der Waals surface area contributed by atoms with Gasteiger partial charge >= 0.3 is 11.9 Å². The minimum atomic E-state index is -0.890. The van der Waals surface area contributed by atoms with Gasteiger partial charge in [0.25, 0.3) is 0 Å². The van der Waals surface area contributed by atoms with Gasteiger partial charge in [-0.3, -0.25) is 4.79 Å². The van der Waals surface area contributed by atoms with Crippen LogP contribution in [-0.4, -0.2) is 18.0 Å². The van der Waals surface area contributed by atoms with Crippen LogP contribution in [0.15, 0.2) is 66.7 Å². The molecule has 4 rings (SSSR count). The van der Waals surface area contributed by atoms with E-state index in [9.17, 15) is 9.59 Å². The number of fused-ring (bicyclic) bond motifs is 1. The summed E-state index contributed by atoms with van der Waals surface area (Å²) in [6.07, 6.45) is 0.229. The van der Waals surface area contributed by atoms with Crippen molar-refractivity contribution >= 4 is 11.9 Å². The second-order valence-corrected chi connectivity index (χ2v) is 7.04. The number of hydrogen-bond donors (Lipinski definition) is 1. The van der Waals surface area contributed by atoms with E-state index in [0.717, 1.165) is 22.3 Å². The van der Waals surface area contributed by atoms with Gasteiger partial charge in [-0.05, 0) is 47.7 Å². The van der Waals surface area contributed by atoms with E-state index in [4.69, 9.17) is 15.2 Å². The van der Waals surface area contributed by atoms with Gasteiger partial charge in [-0.2, -0.15) is 0 Å². The fourth-order valence-electron chi connectivity index (χ4n) is 3.47.